The molecule has 0 spiro atoms. The lowest BCUT2D eigenvalue weighted by Gasteiger charge is -2.35. The fraction of sp³-hybridized carbons (Fsp3) is 0.333. The Morgan fingerprint density at radius 3 is 1.94 bits per heavy atom. The van der Waals surface area contributed by atoms with E-state index in [0.717, 1.165) is 35.1 Å². The lowest BCUT2D eigenvalue weighted by Crippen LogP contribution is -2.39. The van der Waals surface area contributed by atoms with Gasteiger partial charge in [0.2, 0.25) is 10.0 Å². The Morgan fingerprint density at radius 2 is 1.41 bits per heavy atom. The van der Waals surface area contributed by atoms with Gasteiger partial charge in [-0.15, -0.1) is 0 Å². The molecule has 3 aromatic rings. The number of hydrogen-bond donors (Lipinski definition) is 1. The molecule has 32 heavy (non-hydrogen) atoms. The molecular weight excluding hydrogens is 416 g/mol. The minimum atomic E-state index is -3.58. The largest absolute Gasteiger partial charge is 0.311 e. The summed E-state index contributed by atoms with van der Waals surface area (Å²) in [4.78, 5) is 0. The maximum atomic E-state index is 13.7. The second-order valence-corrected chi connectivity index (χ2v) is 10.1. The van der Waals surface area contributed by atoms with E-state index < -0.39 is 10.0 Å². The molecule has 2 unspecified atom stereocenters. The minimum Gasteiger partial charge on any atom is -0.311 e. The van der Waals surface area contributed by atoms with Crippen molar-refractivity contribution in [1.29, 1.82) is 0 Å². The molecule has 0 heterocycles. The SMILES string of the molecule is CCc1ccc(CS(=O)(=O)N(C)C(c2ccccc2)C(NC)c2ccccc2)c(CC)c1. The van der Waals surface area contributed by atoms with Gasteiger partial charge in [0, 0.05) is 7.05 Å². The highest BCUT2D eigenvalue weighted by Crippen LogP contribution is 2.35. The van der Waals surface area contributed by atoms with Crippen LogP contribution in [0, 0.1) is 0 Å². The van der Waals surface area contributed by atoms with Crippen molar-refractivity contribution >= 4 is 10.0 Å². The van der Waals surface area contributed by atoms with Crippen molar-refractivity contribution in [1.82, 2.24) is 9.62 Å². The van der Waals surface area contributed by atoms with Crippen molar-refractivity contribution in [3.8, 4) is 0 Å². The van der Waals surface area contributed by atoms with Crippen molar-refractivity contribution < 1.29 is 8.42 Å². The topological polar surface area (TPSA) is 49.4 Å². The summed E-state index contributed by atoms with van der Waals surface area (Å²) in [6, 6.07) is 25.5. The third-order valence-corrected chi connectivity index (χ3v) is 7.94. The second-order valence-electron chi connectivity index (χ2n) is 8.12. The number of likely N-dealkylation sites (N-methyl/N-ethyl adjacent to an activating group) is 2. The van der Waals surface area contributed by atoms with Crippen LogP contribution in [0.15, 0.2) is 78.9 Å². The van der Waals surface area contributed by atoms with Gasteiger partial charge in [-0.2, -0.15) is 4.31 Å². The van der Waals surface area contributed by atoms with Gasteiger partial charge < -0.3 is 5.32 Å². The summed E-state index contributed by atoms with van der Waals surface area (Å²) in [5.74, 6) is -0.00871. The predicted molar refractivity (Wildman–Crippen MR) is 133 cm³/mol. The molecule has 2 atom stereocenters. The first-order valence-electron chi connectivity index (χ1n) is 11.2. The van der Waals surface area contributed by atoms with Gasteiger partial charge in [0.05, 0.1) is 17.8 Å². The van der Waals surface area contributed by atoms with Gasteiger partial charge in [-0.05, 0) is 47.7 Å². The van der Waals surface area contributed by atoms with E-state index in [1.165, 1.54) is 5.56 Å². The second kappa shape index (κ2) is 10.9. The zero-order chi connectivity index (χ0) is 23.1. The van der Waals surface area contributed by atoms with Gasteiger partial charge in [-0.25, -0.2) is 8.42 Å². The third-order valence-electron chi connectivity index (χ3n) is 6.15. The summed E-state index contributed by atoms with van der Waals surface area (Å²) in [6.45, 7) is 4.19. The molecule has 0 fully saturated rings. The highest BCUT2D eigenvalue weighted by Gasteiger charge is 2.34. The molecule has 0 amide bonds. The standard InChI is InChI=1S/C27H34N2O2S/c1-5-21-17-18-25(22(6-2)19-21)20-32(30,31)29(4)27(24-15-11-8-12-16-24)26(28-3)23-13-9-7-10-14-23/h7-19,26-28H,5-6,20H2,1-4H3. The number of nitrogens with one attached hydrogen (secondary N) is 1. The van der Waals surface area contributed by atoms with Gasteiger partial charge in [0.25, 0.3) is 0 Å². The number of aryl methyl sites for hydroxylation is 2. The van der Waals surface area contributed by atoms with Crippen LogP contribution in [0.3, 0.4) is 0 Å². The Bertz CT molecular complexity index is 1100. The molecule has 4 nitrogen and oxygen atoms in total. The Morgan fingerprint density at radius 1 is 0.812 bits per heavy atom. The number of benzene rings is 3. The van der Waals surface area contributed by atoms with Crippen LogP contribution in [0.25, 0.3) is 0 Å². The smallest absolute Gasteiger partial charge is 0.218 e. The highest BCUT2D eigenvalue weighted by molar-refractivity contribution is 7.88. The van der Waals surface area contributed by atoms with E-state index >= 15 is 0 Å². The van der Waals surface area contributed by atoms with Crippen LogP contribution < -0.4 is 5.32 Å². The molecule has 0 radical (unpaired) electrons. The van der Waals surface area contributed by atoms with Gasteiger partial charge in [-0.1, -0.05) is 92.7 Å². The summed E-state index contributed by atoms with van der Waals surface area (Å²) >= 11 is 0. The Kier molecular flexibility index (Phi) is 8.24. The summed E-state index contributed by atoms with van der Waals surface area (Å²) in [6.07, 6.45) is 1.75. The molecule has 0 aliphatic rings. The molecule has 1 N–H and O–H groups in total. The van der Waals surface area contributed by atoms with Gasteiger partial charge in [0.15, 0.2) is 0 Å². The van der Waals surface area contributed by atoms with Crippen LogP contribution in [-0.4, -0.2) is 26.8 Å². The molecule has 5 heteroatoms. The number of nitrogens with zero attached hydrogens (tertiary/aromatic N) is 1. The van der Waals surface area contributed by atoms with Crippen molar-refractivity contribution in [3.05, 3.63) is 107 Å². The van der Waals surface area contributed by atoms with E-state index in [0.29, 0.717) is 0 Å². The quantitative estimate of drug-likeness (QED) is 0.457. The monoisotopic (exact) mass is 450 g/mol. The van der Waals surface area contributed by atoms with E-state index in [1.54, 1.807) is 11.4 Å². The van der Waals surface area contributed by atoms with E-state index in [9.17, 15) is 8.42 Å². The fourth-order valence-electron chi connectivity index (χ4n) is 4.27. The maximum absolute atomic E-state index is 13.7. The van der Waals surface area contributed by atoms with Crippen LogP contribution >= 0.6 is 0 Å². The van der Waals surface area contributed by atoms with E-state index in [2.05, 4.69) is 25.2 Å². The predicted octanol–water partition coefficient (Wildman–Crippen LogP) is 5.28. The van der Waals surface area contributed by atoms with E-state index in [1.807, 2.05) is 79.8 Å². The van der Waals surface area contributed by atoms with Crippen molar-refractivity contribution in [3.63, 3.8) is 0 Å². The summed E-state index contributed by atoms with van der Waals surface area (Å²) < 4.78 is 28.9. The molecule has 0 saturated heterocycles. The number of hydrogen-bond acceptors (Lipinski definition) is 3. The van der Waals surface area contributed by atoms with Crippen LogP contribution in [0.5, 0.6) is 0 Å². The highest BCUT2D eigenvalue weighted by atomic mass is 32.2. The summed E-state index contributed by atoms with van der Waals surface area (Å²) in [7, 11) is -0.000262. The van der Waals surface area contributed by atoms with Gasteiger partial charge in [0.1, 0.15) is 0 Å². The molecule has 0 saturated carbocycles. The average molecular weight is 451 g/mol. The Balaban J connectivity index is 2.01. The Labute approximate surface area is 193 Å². The average Bonchev–Trinajstić information content (AvgIpc) is 2.83. The fourth-order valence-corrected chi connectivity index (χ4v) is 5.74. The normalized spacial score (nSPS) is 13.8. The lowest BCUT2D eigenvalue weighted by molar-refractivity contribution is 0.301. The molecule has 0 aliphatic carbocycles. The molecular formula is C27H34N2O2S. The van der Waals surface area contributed by atoms with Crippen molar-refractivity contribution in [2.75, 3.05) is 14.1 Å². The zero-order valence-corrected chi connectivity index (χ0v) is 20.3. The molecule has 3 aromatic carbocycles. The van der Waals surface area contributed by atoms with Crippen LogP contribution in [0.4, 0.5) is 0 Å². The van der Waals surface area contributed by atoms with Crippen LogP contribution in [-0.2, 0) is 28.6 Å². The molecule has 0 aromatic heterocycles. The van der Waals surface area contributed by atoms with E-state index in [-0.39, 0.29) is 17.8 Å². The van der Waals surface area contributed by atoms with Crippen LogP contribution in [0.1, 0.15) is 53.7 Å². The van der Waals surface area contributed by atoms with E-state index in [4.69, 9.17) is 0 Å². The summed E-state index contributed by atoms with van der Waals surface area (Å²) in [5.41, 5.74) is 5.22. The zero-order valence-electron chi connectivity index (χ0n) is 19.5. The van der Waals surface area contributed by atoms with Crippen LogP contribution in [0.2, 0.25) is 0 Å². The van der Waals surface area contributed by atoms with Crippen molar-refractivity contribution in [2.24, 2.45) is 0 Å². The molecule has 3 rings (SSSR count). The molecule has 0 aliphatic heterocycles. The number of sulfonamides is 1. The molecule has 170 valence electrons. The summed E-state index contributed by atoms with van der Waals surface area (Å²) in [5, 5.41) is 3.37. The molecule has 0 bridgehead atoms. The number of rotatable bonds is 10. The lowest BCUT2D eigenvalue weighted by atomic mass is 9.93. The first kappa shape index (κ1) is 24.2. The first-order valence-corrected chi connectivity index (χ1v) is 12.9. The first-order chi connectivity index (χ1) is 15.4. The van der Waals surface area contributed by atoms with Gasteiger partial charge >= 0.3 is 0 Å². The van der Waals surface area contributed by atoms with Crippen molar-refractivity contribution in [2.45, 2.75) is 44.5 Å². The Hall–Kier alpha value is -2.47. The van der Waals surface area contributed by atoms with Gasteiger partial charge in [-0.3, -0.25) is 0 Å². The minimum absolute atomic E-state index is 0.00871. The maximum Gasteiger partial charge on any atom is 0.218 e. The third kappa shape index (κ3) is 5.47.